The number of aromatic nitrogens is 4. The maximum Gasteiger partial charge on any atom is 0.216 e. The van der Waals surface area contributed by atoms with Crippen LogP contribution in [-0.4, -0.2) is 62.0 Å². The van der Waals surface area contributed by atoms with E-state index < -0.39 is 11.6 Å². The van der Waals surface area contributed by atoms with Crippen molar-refractivity contribution in [3.63, 3.8) is 0 Å². The van der Waals surface area contributed by atoms with Crippen LogP contribution in [-0.2, 0) is 24.2 Å². The fourth-order valence-corrected chi connectivity index (χ4v) is 5.21. The molecule has 10 nitrogen and oxygen atoms in total. The number of likely N-dealkylation sites (tertiary alicyclic amines) is 1. The second-order valence-corrected chi connectivity index (χ2v) is 10.3. The number of imidazole rings is 1. The van der Waals surface area contributed by atoms with Crippen molar-refractivity contribution in [3.05, 3.63) is 89.1 Å². The van der Waals surface area contributed by atoms with E-state index in [0.29, 0.717) is 66.7 Å². The van der Waals surface area contributed by atoms with Crippen LogP contribution < -0.4 is 9.91 Å². The molecule has 4 aromatic rings. The number of hydroxylamine groups is 1. The zero-order valence-electron chi connectivity index (χ0n) is 22.8. The van der Waals surface area contributed by atoms with E-state index in [1.807, 2.05) is 6.07 Å². The molecule has 2 aromatic carbocycles. The summed E-state index contributed by atoms with van der Waals surface area (Å²) in [6, 6.07) is 11.0. The van der Waals surface area contributed by atoms with E-state index in [1.54, 1.807) is 40.3 Å². The van der Waals surface area contributed by atoms with Gasteiger partial charge >= 0.3 is 0 Å². The van der Waals surface area contributed by atoms with Crippen LogP contribution >= 0.6 is 0 Å². The lowest BCUT2D eigenvalue weighted by atomic mass is 10.1. The van der Waals surface area contributed by atoms with Gasteiger partial charge in [0.2, 0.25) is 5.88 Å². The number of hydrogen-bond acceptors (Lipinski definition) is 9. The number of benzene rings is 2. The Kier molecular flexibility index (Phi) is 7.69. The third-order valence-corrected chi connectivity index (χ3v) is 7.50. The van der Waals surface area contributed by atoms with Crippen molar-refractivity contribution in [1.82, 2.24) is 24.5 Å². The summed E-state index contributed by atoms with van der Waals surface area (Å²) in [5, 5.41) is 20.4. The Labute approximate surface area is 241 Å². The van der Waals surface area contributed by atoms with Crippen molar-refractivity contribution in [2.75, 3.05) is 31.4 Å². The van der Waals surface area contributed by atoms with E-state index in [0.717, 1.165) is 25.9 Å². The third-order valence-electron chi connectivity index (χ3n) is 7.50. The molecule has 0 aliphatic carbocycles. The quantitative estimate of drug-likeness (QED) is 0.294. The molecular weight excluding hydrogens is 544 g/mol. The van der Waals surface area contributed by atoms with Gasteiger partial charge in [0.1, 0.15) is 34.8 Å². The Morgan fingerprint density at radius 1 is 1.10 bits per heavy atom. The fourth-order valence-electron chi connectivity index (χ4n) is 5.21. The van der Waals surface area contributed by atoms with Gasteiger partial charge in [-0.25, -0.2) is 23.4 Å². The van der Waals surface area contributed by atoms with Crippen LogP contribution in [0.25, 0.3) is 16.8 Å². The molecule has 2 fully saturated rings. The number of aliphatic hydroxyl groups is 1. The van der Waals surface area contributed by atoms with Gasteiger partial charge in [-0.2, -0.15) is 15.4 Å². The van der Waals surface area contributed by atoms with E-state index in [1.165, 1.54) is 12.1 Å². The van der Waals surface area contributed by atoms with Gasteiger partial charge in [-0.15, -0.1) is 0 Å². The van der Waals surface area contributed by atoms with Gasteiger partial charge in [-0.05, 0) is 49.1 Å². The minimum absolute atomic E-state index is 0.0342. The number of piperidine rings is 1. The molecule has 0 amide bonds. The number of nitriles is 1. The van der Waals surface area contributed by atoms with Gasteiger partial charge in [-0.3, -0.25) is 9.74 Å². The highest BCUT2D eigenvalue weighted by Crippen LogP contribution is 2.27. The van der Waals surface area contributed by atoms with Gasteiger partial charge in [0, 0.05) is 37.3 Å². The molecule has 2 saturated heterocycles. The van der Waals surface area contributed by atoms with Crippen molar-refractivity contribution in [2.45, 2.75) is 38.3 Å². The molecule has 0 radical (unpaired) electrons. The first-order valence-electron chi connectivity index (χ1n) is 13.8. The Morgan fingerprint density at radius 3 is 2.60 bits per heavy atom. The number of fused-ring (bicyclic) bond motifs is 1. The number of aryl methyl sites for hydroxylation is 2. The molecule has 6 rings (SSSR count). The summed E-state index contributed by atoms with van der Waals surface area (Å²) >= 11 is 0. The predicted molar refractivity (Wildman–Crippen MR) is 150 cm³/mol. The summed E-state index contributed by atoms with van der Waals surface area (Å²) in [6.45, 7) is 6.69. The van der Waals surface area contributed by atoms with Crippen molar-refractivity contribution < 1.29 is 23.5 Å². The smallest absolute Gasteiger partial charge is 0.216 e. The van der Waals surface area contributed by atoms with Crippen LogP contribution in [0.3, 0.4) is 0 Å². The van der Waals surface area contributed by atoms with Gasteiger partial charge in [0.05, 0.1) is 36.8 Å². The standard InChI is InChI=1S/C30H29F2N7O3/c1-19(40)22-15-25(32)30-26(16-22)39(38-12-13-41-38)28(36-30)18-37-10-7-23(8-11-37)42-29-6-9-34-27(35-29)5-4-21-3-2-20(17-33)14-24(21)31/h2-3,6,9,14-16,23,40H,1,4-5,7-8,10-13,18H2. The van der Waals surface area contributed by atoms with E-state index in [4.69, 9.17) is 14.8 Å². The minimum Gasteiger partial charge on any atom is -0.508 e. The van der Waals surface area contributed by atoms with Crippen LogP contribution in [0.4, 0.5) is 8.78 Å². The number of aliphatic hydroxyl groups excluding tert-OH is 1. The van der Waals surface area contributed by atoms with E-state index in [9.17, 15) is 13.9 Å². The predicted octanol–water partition coefficient (Wildman–Crippen LogP) is 4.22. The topological polar surface area (TPSA) is 113 Å². The molecular formula is C30H29F2N7O3. The first-order valence-corrected chi connectivity index (χ1v) is 13.8. The van der Waals surface area contributed by atoms with Crippen molar-refractivity contribution in [2.24, 2.45) is 0 Å². The number of halogens is 2. The molecule has 2 aromatic heterocycles. The van der Waals surface area contributed by atoms with Gasteiger partial charge in [0.15, 0.2) is 5.82 Å². The Balaban J connectivity index is 1.08. The highest BCUT2D eigenvalue weighted by Gasteiger charge is 2.28. The van der Waals surface area contributed by atoms with Crippen molar-refractivity contribution in [3.8, 4) is 11.9 Å². The van der Waals surface area contributed by atoms with Crippen LogP contribution in [0.2, 0.25) is 0 Å². The Morgan fingerprint density at radius 2 is 1.90 bits per heavy atom. The molecule has 0 atom stereocenters. The monoisotopic (exact) mass is 573 g/mol. The molecule has 2 aliphatic rings. The first kappa shape index (κ1) is 27.6. The van der Waals surface area contributed by atoms with Crippen molar-refractivity contribution >= 4 is 16.8 Å². The molecule has 0 saturated carbocycles. The summed E-state index contributed by atoms with van der Waals surface area (Å²) in [5.41, 5.74) is 1.81. The maximum atomic E-state index is 14.9. The summed E-state index contributed by atoms with van der Waals surface area (Å²) < 4.78 is 37.0. The average molecular weight is 574 g/mol. The highest BCUT2D eigenvalue weighted by molar-refractivity contribution is 5.81. The Bertz CT molecular complexity index is 1670. The molecule has 216 valence electrons. The summed E-state index contributed by atoms with van der Waals surface area (Å²) in [7, 11) is 0. The van der Waals surface area contributed by atoms with Gasteiger partial charge in [-0.1, -0.05) is 12.6 Å². The molecule has 0 bridgehead atoms. The second kappa shape index (κ2) is 11.7. The van der Waals surface area contributed by atoms with Gasteiger partial charge < -0.3 is 9.84 Å². The molecule has 2 aliphatic heterocycles. The molecule has 0 unspecified atom stereocenters. The maximum absolute atomic E-state index is 14.9. The lowest BCUT2D eigenvalue weighted by Crippen LogP contribution is -2.49. The highest BCUT2D eigenvalue weighted by atomic mass is 19.1. The Hall–Kier alpha value is -4.60. The number of hydrogen-bond donors (Lipinski definition) is 1. The van der Waals surface area contributed by atoms with Crippen LogP contribution in [0.15, 0.2) is 49.2 Å². The summed E-state index contributed by atoms with van der Waals surface area (Å²) in [5.74, 6) is 0.521. The number of rotatable bonds is 9. The molecule has 1 N–H and O–H groups in total. The van der Waals surface area contributed by atoms with E-state index in [2.05, 4.69) is 26.4 Å². The average Bonchev–Trinajstić information content (AvgIpc) is 3.30. The first-order chi connectivity index (χ1) is 20.4. The molecule has 42 heavy (non-hydrogen) atoms. The SMILES string of the molecule is C=C(O)c1cc(F)c2nc(CN3CCC(Oc4ccnc(CCc5ccc(C#N)cc5F)n4)CC3)n(N3CCO3)c2c1. The molecule has 12 heteroatoms. The van der Waals surface area contributed by atoms with E-state index in [-0.39, 0.29) is 22.9 Å². The van der Waals surface area contributed by atoms with Gasteiger partial charge in [0.25, 0.3) is 0 Å². The lowest BCUT2D eigenvalue weighted by Gasteiger charge is -2.35. The third kappa shape index (κ3) is 5.74. The van der Waals surface area contributed by atoms with Crippen LogP contribution in [0.1, 0.15) is 41.2 Å². The van der Waals surface area contributed by atoms with Crippen molar-refractivity contribution in [1.29, 1.82) is 5.26 Å². The normalized spacial score (nSPS) is 15.9. The zero-order valence-corrected chi connectivity index (χ0v) is 22.8. The number of ether oxygens (including phenoxy) is 1. The largest absolute Gasteiger partial charge is 0.508 e. The zero-order chi connectivity index (χ0) is 29.2. The minimum atomic E-state index is -0.531. The molecule has 0 spiro atoms. The lowest BCUT2D eigenvalue weighted by molar-refractivity contribution is -0.0279. The van der Waals surface area contributed by atoms with E-state index >= 15 is 0 Å². The fraction of sp³-hybridized carbons (Fsp3) is 0.333. The summed E-state index contributed by atoms with van der Waals surface area (Å²) in [6.07, 6.45) is 3.98. The molecule has 4 heterocycles. The summed E-state index contributed by atoms with van der Waals surface area (Å²) in [4.78, 5) is 21.2. The van der Waals surface area contributed by atoms with Crippen LogP contribution in [0.5, 0.6) is 5.88 Å². The number of nitrogens with zero attached hydrogens (tertiary/aromatic N) is 7. The van der Waals surface area contributed by atoms with Crippen LogP contribution in [0, 0.1) is 23.0 Å². The second-order valence-electron chi connectivity index (χ2n) is 10.3.